The van der Waals surface area contributed by atoms with Gasteiger partial charge in [-0.3, -0.25) is 54.0 Å². The Labute approximate surface area is 705 Å². The molecule has 0 spiro atoms. The van der Waals surface area contributed by atoms with E-state index >= 15 is 0 Å². The Balaban J connectivity index is 0.000000299. The van der Waals surface area contributed by atoms with Crippen molar-refractivity contribution in [3.05, 3.63) is 78.9 Å². The van der Waals surface area contributed by atoms with Crippen LogP contribution in [0.15, 0.2) is 62.5 Å². The van der Waals surface area contributed by atoms with Gasteiger partial charge in [-0.2, -0.15) is 4.99 Å². The van der Waals surface area contributed by atoms with Crippen molar-refractivity contribution in [1.29, 1.82) is 0 Å². The number of nitrogens with zero attached hydrogens (tertiary/aromatic N) is 7. The summed E-state index contributed by atoms with van der Waals surface area (Å²) >= 11 is 5.19. The minimum Gasteiger partial charge on any atom is -0.476 e. The molecule has 0 bridgehead atoms. The van der Waals surface area contributed by atoms with E-state index in [0.717, 1.165) is 25.7 Å². The molecule has 648 valence electrons. The molecule has 0 unspecified atom stereocenters. The number of nitrogens with two attached hydrogens (primary N) is 1. The Morgan fingerprint density at radius 3 is 1.36 bits per heavy atom. The van der Waals surface area contributed by atoms with Gasteiger partial charge in [-0.1, -0.05) is 13.0 Å². The Hall–Kier alpha value is -9.72. The number of carbonyl (C=O) groups excluding carboxylic acids is 12. The number of ketones is 4. The second kappa shape index (κ2) is 42.8. The number of unbranched alkanes of at least 4 members (excludes halogenated alkanes) is 3. The van der Waals surface area contributed by atoms with Crippen LogP contribution in [0.3, 0.4) is 0 Å². The lowest BCUT2D eigenvalue weighted by Crippen LogP contribution is -2.44. The summed E-state index contributed by atoms with van der Waals surface area (Å²) in [4.78, 5) is 186. The summed E-state index contributed by atoms with van der Waals surface area (Å²) in [6.07, 6.45) is 8.75. The van der Waals surface area contributed by atoms with Gasteiger partial charge < -0.3 is 55.8 Å². The van der Waals surface area contributed by atoms with Crippen molar-refractivity contribution < 1.29 is 91.1 Å². The van der Waals surface area contributed by atoms with Crippen LogP contribution in [0.5, 0.6) is 0 Å². The number of hydrogen-bond acceptors (Lipinski definition) is 28. The number of amidine groups is 1. The van der Waals surface area contributed by atoms with Crippen molar-refractivity contribution in [1.82, 2.24) is 61.6 Å². The van der Waals surface area contributed by atoms with Crippen LogP contribution in [0, 0.1) is 0 Å². The molecule has 2 aliphatic heterocycles. The van der Waals surface area contributed by atoms with Crippen molar-refractivity contribution >= 4 is 128 Å². The molecule has 2 aliphatic carbocycles. The molecule has 6 heterocycles. The van der Waals surface area contributed by atoms with E-state index in [2.05, 4.69) is 63.4 Å². The highest BCUT2D eigenvalue weighted by atomic mass is 32.1. The molecule has 4 aliphatic rings. The van der Waals surface area contributed by atoms with E-state index < -0.39 is 87.3 Å². The minimum absolute atomic E-state index is 0.0429. The number of allylic oxidation sites excluding steroid dienone is 2. The molecule has 9 N–H and O–H groups in total. The number of carboxylic acids is 1. The van der Waals surface area contributed by atoms with E-state index in [1.807, 2.05) is 19.2 Å². The summed E-state index contributed by atoms with van der Waals surface area (Å²) in [5.41, 5.74) is 2.59. The Bertz CT molecular complexity index is 4380. The van der Waals surface area contributed by atoms with Gasteiger partial charge in [0.05, 0.1) is 33.9 Å². The number of alkyl carbamates (subject to hydrolysis) is 2. The number of nitrogens with one attached hydrogen (secondary N) is 6. The number of aryl methyl sites for hydroxylation is 2. The van der Waals surface area contributed by atoms with Crippen molar-refractivity contribution in [2.45, 2.75) is 297 Å². The predicted molar refractivity (Wildman–Crippen MR) is 448 cm³/mol. The van der Waals surface area contributed by atoms with Crippen LogP contribution in [0.1, 0.15) is 264 Å². The zero-order valence-corrected chi connectivity index (χ0v) is 74.0. The lowest BCUT2D eigenvalue weighted by Gasteiger charge is -2.28. The van der Waals surface area contributed by atoms with Gasteiger partial charge in [0.1, 0.15) is 78.3 Å². The zero-order valence-electron chi connectivity index (χ0n) is 70.7. The fourth-order valence-electron chi connectivity index (χ4n) is 11.6. The number of thiazole rings is 4. The average Bonchev–Trinajstić information content (AvgIpc) is 1.62. The van der Waals surface area contributed by atoms with E-state index in [1.165, 1.54) is 72.7 Å². The van der Waals surface area contributed by atoms with Crippen molar-refractivity contribution in [3.8, 4) is 21.4 Å². The first kappa shape index (κ1) is 97.1. The number of aliphatic imine (C=N–C) groups is 1. The molecule has 2 saturated heterocycles. The van der Waals surface area contributed by atoms with Crippen molar-refractivity contribution in [2.24, 2.45) is 10.7 Å². The van der Waals surface area contributed by atoms with Crippen LogP contribution in [0.25, 0.3) is 21.4 Å². The summed E-state index contributed by atoms with van der Waals surface area (Å²) in [5.74, 6) is -2.91. The summed E-state index contributed by atoms with van der Waals surface area (Å²) in [5, 5.41) is 34.7. The standard InChI is InChI=1S/C38H53N7O8S2.C27H32N4O7S2.C16H31N3O4/c1-23-11-12-25(45(23)35(51)53-37(6,7)8)19-30(48)44-38(15-16-38)29(47)20-26(46)13-14-31-42-28(22-54-31)33-43-27(21-55-33)32(49)40-18-10-9-17-39-24(2)41-34(50)52-36(3,4)5;1-15-5-6-16(31(15)25(37)38-26(2,3)4)11-21(34)30-27(9-10-27)20(33)12-17(32)7-8-22-28-18(13-39-22)23-29-19(14-40-23)24(35)36;1-15(2,3)22-13(20)18-12(10-8-7-9-11-17)19-14(21)23-16(4,5)6/h19,21-23,39H,2,9-18,20H2,1,3-8H3,(H,40,49)(H,41,50)(H,44,48);11,13-15H,5-10,12H2,1-4H3,(H,30,34)(H,35,36);7-11,17H2,1-6H3,(H,18,19,20,21)/b25-19-;16-11-;/t23-;15-;/m00./s1. The molecule has 4 aromatic rings. The largest absolute Gasteiger partial charge is 0.476 e. The van der Waals surface area contributed by atoms with Gasteiger partial charge in [0, 0.05) is 102 Å². The summed E-state index contributed by atoms with van der Waals surface area (Å²) in [6.45, 7) is 35.7. The highest BCUT2D eigenvalue weighted by molar-refractivity contribution is 7.14. The maximum atomic E-state index is 13.1. The van der Waals surface area contributed by atoms with E-state index in [9.17, 15) is 62.3 Å². The number of rotatable bonds is 32. The number of carbonyl (C=O) groups is 13. The van der Waals surface area contributed by atoms with Crippen LogP contribution >= 0.6 is 45.3 Å². The molecule has 4 fully saturated rings. The molecule has 2 atom stereocenters. The molecule has 8 amide bonds. The summed E-state index contributed by atoms with van der Waals surface area (Å²) in [7, 11) is 0. The second-order valence-corrected chi connectivity index (χ2v) is 37.7. The summed E-state index contributed by atoms with van der Waals surface area (Å²) in [6, 6.07) is -0.231. The van der Waals surface area contributed by atoms with Crippen molar-refractivity contribution in [2.75, 3.05) is 19.6 Å². The number of likely N-dealkylation sites (tertiary alicyclic amines) is 2. The second-order valence-electron chi connectivity index (χ2n) is 34.1. The van der Waals surface area contributed by atoms with E-state index in [0.29, 0.717) is 145 Å². The number of amides is 8. The van der Waals surface area contributed by atoms with Crippen LogP contribution in [0.4, 0.5) is 24.0 Å². The highest BCUT2D eigenvalue weighted by Crippen LogP contribution is 2.40. The Kier molecular flexibility index (Phi) is 35.2. The van der Waals surface area contributed by atoms with Gasteiger partial charge in [0.15, 0.2) is 17.3 Å². The molecule has 0 aromatic carbocycles. The summed E-state index contributed by atoms with van der Waals surface area (Å²) < 4.78 is 26.5. The molecule has 8 rings (SSSR count). The van der Waals surface area contributed by atoms with Gasteiger partial charge in [0.2, 0.25) is 11.8 Å². The molecule has 4 aromatic heterocycles. The van der Waals surface area contributed by atoms with E-state index in [1.54, 1.807) is 115 Å². The van der Waals surface area contributed by atoms with Crippen LogP contribution in [-0.4, -0.2) is 189 Å². The molecule has 0 radical (unpaired) electrons. The third kappa shape index (κ3) is 33.9. The minimum atomic E-state index is -1.11. The van der Waals surface area contributed by atoms with E-state index in [4.69, 9.17) is 34.5 Å². The average molecular weight is 1720 g/mol. The third-order valence-electron chi connectivity index (χ3n) is 17.4. The normalized spacial score (nSPS) is 16.8. The number of aromatic nitrogens is 4. The first-order valence-electron chi connectivity index (χ1n) is 39.4. The fraction of sp³-hybridized carbons (Fsp3) is 0.605. The van der Waals surface area contributed by atoms with Gasteiger partial charge in [0.25, 0.3) is 5.91 Å². The van der Waals surface area contributed by atoms with Crippen LogP contribution < -0.4 is 37.6 Å². The SMILES string of the molecule is C=C(NCCCCNC(=O)c1csc(-c2csc(CCC(=O)CC(=O)C3(NC(=O)/C=C4/CC[C@H](C)N4C(=O)OC(C)(C)C)CC3)n2)n1)NC(=O)OC(C)(C)C.CC(C)(C)OC(=O)N=C(CCCCCN)NC(=O)OC(C)(C)C.C[C@H]1CC/C(=C/C(=O)NC2(C(=O)CC(=O)CCc3nc(-c4nc(C(=O)O)cs4)cs3)CC2)N1C(=O)OC(C)(C)C. The fourth-order valence-corrected chi connectivity index (χ4v) is 14.8. The predicted octanol–water partition coefficient (Wildman–Crippen LogP) is 13.5. The molecule has 37 heteroatoms. The number of carboxylic acid groups (broad SMARTS) is 1. The third-order valence-corrected chi connectivity index (χ3v) is 21.0. The first-order valence-corrected chi connectivity index (χ1v) is 42.9. The molecule has 33 nitrogen and oxygen atoms in total. The van der Waals surface area contributed by atoms with E-state index in [-0.39, 0.29) is 84.0 Å². The topological polar surface area (TPSA) is 457 Å². The van der Waals surface area contributed by atoms with Gasteiger partial charge in [-0.05, 0) is 201 Å². The van der Waals surface area contributed by atoms with Crippen LogP contribution in [-0.2, 0) is 65.3 Å². The highest BCUT2D eigenvalue weighted by Gasteiger charge is 2.52. The lowest BCUT2D eigenvalue weighted by atomic mass is 10.0. The van der Waals surface area contributed by atoms with Crippen molar-refractivity contribution in [3.63, 3.8) is 0 Å². The molecule has 2 saturated carbocycles. The smallest absolute Gasteiger partial charge is 0.435 e. The number of aromatic carboxylic acids is 1. The van der Waals surface area contributed by atoms with Crippen LogP contribution in [0.2, 0.25) is 0 Å². The first-order chi connectivity index (χ1) is 54.9. The van der Waals surface area contributed by atoms with Gasteiger partial charge in [-0.25, -0.2) is 48.7 Å². The number of Topliss-reactive ketones (excluding diaryl/α,β-unsaturated/α-hetero) is 4. The Morgan fingerprint density at radius 2 is 0.949 bits per heavy atom. The Morgan fingerprint density at radius 1 is 0.534 bits per heavy atom. The zero-order chi connectivity index (χ0) is 87.9. The lowest BCUT2D eigenvalue weighted by molar-refractivity contribution is -0.131. The van der Waals surface area contributed by atoms with Gasteiger partial charge >= 0.3 is 36.4 Å². The maximum absolute atomic E-state index is 13.1. The van der Waals surface area contributed by atoms with Gasteiger partial charge in [-0.15, -0.1) is 45.3 Å². The molecule has 118 heavy (non-hydrogen) atoms. The number of ether oxygens (including phenoxy) is 5. The quantitative estimate of drug-likeness (QED) is 0.00562. The molecular formula is C81H116N14O19S4. The maximum Gasteiger partial charge on any atom is 0.435 e. The molecular weight excluding hydrogens is 1600 g/mol. The monoisotopic (exact) mass is 1720 g/mol. The number of hydrogen-bond donors (Lipinski definition) is 8.